The summed E-state index contributed by atoms with van der Waals surface area (Å²) in [6.45, 7) is 5.13. The molecule has 2 heterocycles. The number of amides is 1. The number of nitrogens with zero attached hydrogens (tertiary/aromatic N) is 5. The summed E-state index contributed by atoms with van der Waals surface area (Å²) in [5.74, 6) is -0.464. The summed E-state index contributed by atoms with van der Waals surface area (Å²) < 4.78 is 15.9. The molecule has 0 aliphatic rings. The largest absolute Gasteiger partial charge is 0.308 e. The third-order valence-electron chi connectivity index (χ3n) is 3.96. The second-order valence-electron chi connectivity index (χ2n) is 6.62. The summed E-state index contributed by atoms with van der Waals surface area (Å²) in [4.78, 5) is 21.4. The van der Waals surface area contributed by atoms with Crippen molar-refractivity contribution in [1.29, 1.82) is 0 Å². The van der Waals surface area contributed by atoms with Crippen LogP contribution in [0.4, 0.5) is 9.52 Å². The first kappa shape index (κ1) is 21.3. The molecule has 0 N–H and O–H groups in total. The molecule has 0 saturated heterocycles. The first-order chi connectivity index (χ1) is 12.4. The highest BCUT2D eigenvalue weighted by Gasteiger charge is 2.25. The van der Waals surface area contributed by atoms with Crippen molar-refractivity contribution in [3.63, 3.8) is 0 Å². The van der Waals surface area contributed by atoms with Crippen molar-refractivity contribution >= 4 is 45.0 Å². The fourth-order valence-corrected chi connectivity index (χ4v) is 3.63. The van der Waals surface area contributed by atoms with Crippen molar-refractivity contribution in [3.8, 4) is 0 Å². The molecule has 1 amide bonds. The first-order valence-corrected chi connectivity index (χ1v) is 9.24. The van der Waals surface area contributed by atoms with Gasteiger partial charge in [-0.1, -0.05) is 11.3 Å². The summed E-state index contributed by atoms with van der Waals surface area (Å²) in [6, 6.07) is 6.26. The van der Waals surface area contributed by atoms with E-state index >= 15 is 0 Å². The standard InChI is InChI=1S/C18H22FN5OS.ClH/c1-12(2)24-15(7-8-20-24)17(25)23(10-9-22(3)4)18-21-14-6-5-13(19)11-16(14)26-18;/h5-8,11-12H,9-10H2,1-4H3;1H. The molecule has 0 bridgehead atoms. The highest BCUT2D eigenvalue weighted by Crippen LogP contribution is 2.30. The minimum absolute atomic E-state index is 0. The van der Waals surface area contributed by atoms with Gasteiger partial charge in [0.05, 0.1) is 10.2 Å². The Morgan fingerprint density at radius 2 is 2.00 bits per heavy atom. The molecular weight excluding hydrogens is 389 g/mol. The van der Waals surface area contributed by atoms with E-state index in [2.05, 4.69) is 10.1 Å². The monoisotopic (exact) mass is 411 g/mol. The maximum atomic E-state index is 13.5. The zero-order valence-corrected chi connectivity index (χ0v) is 17.4. The van der Waals surface area contributed by atoms with Crippen LogP contribution in [0.2, 0.25) is 0 Å². The Bertz CT molecular complexity index is 924. The Morgan fingerprint density at radius 1 is 1.26 bits per heavy atom. The van der Waals surface area contributed by atoms with E-state index in [1.165, 1.54) is 23.5 Å². The summed E-state index contributed by atoms with van der Waals surface area (Å²) in [6.07, 6.45) is 1.63. The number of rotatable bonds is 6. The van der Waals surface area contributed by atoms with Crippen LogP contribution in [-0.4, -0.2) is 52.8 Å². The Kier molecular flexibility index (Phi) is 6.91. The van der Waals surface area contributed by atoms with Crippen LogP contribution in [0, 0.1) is 5.82 Å². The Morgan fingerprint density at radius 3 is 2.67 bits per heavy atom. The molecule has 0 saturated carbocycles. The summed E-state index contributed by atoms with van der Waals surface area (Å²) in [5, 5.41) is 4.82. The zero-order chi connectivity index (χ0) is 18.8. The molecule has 9 heteroatoms. The van der Waals surface area contributed by atoms with E-state index in [0.29, 0.717) is 29.4 Å². The van der Waals surface area contributed by atoms with Crippen molar-refractivity contribution in [2.75, 3.05) is 32.1 Å². The number of hydrogen-bond acceptors (Lipinski definition) is 5. The van der Waals surface area contributed by atoms with E-state index in [0.717, 1.165) is 4.70 Å². The van der Waals surface area contributed by atoms with Gasteiger partial charge >= 0.3 is 0 Å². The molecule has 0 aliphatic carbocycles. The maximum Gasteiger partial charge on any atom is 0.278 e. The van der Waals surface area contributed by atoms with Crippen LogP contribution in [0.15, 0.2) is 30.5 Å². The Balaban J connectivity index is 0.00000261. The van der Waals surface area contributed by atoms with Gasteiger partial charge in [-0.15, -0.1) is 12.4 Å². The molecular formula is C18H23ClFN5OS. The summed E-state index contributed by atoms with van der Waals surface area (Å²) >= 11 is 1.32. The fraction of sp³-hybridized carbons (Fsp3) is 0.389. The van der Waals surface area contributed by atoms with Gasteiger partial charge in [0.25, 0.3) is 5.91 Å². The lowest BCUT2D eigenvalue weighted by molar-refractivity contribution is 0.0973. The molecule has 27 heavy (non-hydrogen) atoms. The van der Waals surface area contributed by atoms with Crippen LogP contribution in [-0.2, 0) is 0 Å². The molecule has 0 fully saturated rings. The number of hydrogen-bond donors (Lipinski definition) is 0. The smallest absolute Gasteiger partial charge is 0.278 e. The summed E-state index contributed by atoms with van der Waals surface area (Å²) in [5.41, 5.74) is 1.20. The lowest BCUT2D eigenvalue weighted by atomic mass is 10.3. The number of anilines is 1. The minimum Gasteiger partial charge on any atom is -0.308 e. The van der Waals surface area contributed by atoms with Gasteiger partial charge in [-0.05, 0) is 52.2 Å². The predicted molar refractivity (Wildman–Crippen MR) is 110 cm³/mol. The molecule has 1 aromatic carbocycles. The maximum absolute atomic E-state index is 13.5. The molecule has 146 valence electrons. The molecule has 0 spiro atoms. The van der Waals surface area contributed by atoms with E-state index in [-0.39, 0.29) is 30.2 Å². The fourth-order valence-electron chi connectivity index (χ4n) is 2.62. The third kappa shape index (κ3) is 4.63. The van der Waals surface area contributed by atoms with Crippen LogP contribution in [0.25, 0.3) is 10.2 Å². The number of thiazole rings is 1. The Labute approximate surface area is 168 Å². The SMILES string of the molecule is CC(C)n1nccc1C(=O)N(CCN(C)C)c1nc2ccc(F)cc2s1.Cl. The number of halogens is 2. The zero-order valence-electron chi connectivity index (χ0n) is 15.7. The molecule has 0 unspecified atom stereocenters. The van der Waals surface area contributed by atoms with Crippen molar-refractivity contribution < 1.29 is 9.18 Å². The number of fused-ring (bicyclic) bond motifs is 1. The molecule has 3 rings (SSSR count). The van der Waals surface area contributed by atoms with E-state index in [9.17, 15) is 9.18 Å². The molecule has 6 nitrogen and oxygen atoms in total. The van der Waals surface area contributed by atoms with Crippen LogP contribution in [0.3, 0.4) is 0 Å². The van der Waals surface area contributed by atoms with Gasteiger partial charge in [0.1, 0.15) is 11.5 Å². The quantitative estimate of drug-likeness (QED) is 0.618. The van der Waals surface area contributed by atoms with Crippen LogP contribution in [0.5, 0.6) is 0 Å². The van der Waals surface area contributed by atoms with Gasteiger partial charge in [0.2, 0.25) is 0 Å². The summed E-state index contributed by atoms with van der Waals surface area (Å²) in [7, 11) is 3.91. The number of benzene rings is 1. The third-order valence-corrected chi connectivity index (χ3v) is 5.01. The van der Waals surface area contributed by atoms with Gasteiger partial charge < -0.3 is 4.90 Å². The highest BCUT2D eigenvalue weighted by atomic mass is 35.5. The van der Waals surface area contributed by atoms with Gasteiger partial charge in [0.15, 0.2) is 5.13 Å². The van der Waals surface area contributed by atoms with Gasteiger partial charge in [-0.2, -0.15) is 5.10 Å². The topological polar surface area (TPSA) is 54.3 Å². The van der Waals surface area contributed by atoms with Gasteiger partial charge in [0, 0.05) is 25.3 Å². The van der Waals surface area contributed by atoms with Crippen LogP contribution < -0.4 is 4.90 Å². The van der Waals surface area contributed by atoms with Crippen molar-refractivity contribution in [3.05, 3.63) is 42.0 Å². The number of carbonyl (C=O) groups excluding carboxylic acids is 1. The molecule has 3 aromatic rings. The Hall–Kier alpha value is -2.03. The van der Waals surface area contributed by atoms with E-state index < -0.39 is 0 Å². The first-order valence-electron chi connectivity index (χ1n) is 8.43. The average Bonchev–Trinajstić information content (AvgIpc) is 3.20. The molecule has 2 aromatic heterocycles. The van der Waals surface area contributed by atoms with Crippen LogP contribution in [0.1, 0.15) is 30.4 Å². The molecule has 0 aliphatic heterocycles. The van der Waals surface area contributed by atoms with Crippen molar-refractivity contribution in [2.24, 2.45) is 0 Å². The molecule has 0 radical (unpaired) electrons. The predicted octanol–water partition coefficient (Wildman–Crippen LogP) is 3.84. The number of carbonyl (C=O) groups is 1. The van der Waals surface area contributed by atoms with E-state index in [4.69, 9.17) is 0 Å². The van der Waals surface area contributed by atoms with Gasteiger partial charge in [-0.25, -0.2) is 9.37 Å². The lowest BCUT2D eigenvalue weighted by Gasteiger charge is -2.22. The van der Waals surface area contributed by atoms with Crippen molar-refractivity contribution in [2.45, 2.75) is 19.9 Å². The minimum atomic E-state index is -0.309. The van der Waals surface area contributed by atoms with Crippen molar-refractivity contribution in [1.82, 2.24) is 19.7 Å². The number of aromatic nitrogens is 3. The van der Waals surface area contributed by atoms with Crippen LogP contribution >= 0.6 is 23.7 Å². The lowest BCUT2D eigenvalue weighted by Crippen LogP contribution is -2.38. The molecule has 0 atom stereocenters. The van der Waals surface area contributed by atoms with Gasteiger partial charge in [-0.3, -0.25) is 14.4 Å². The second-order valence-corrected chi connectivity index (χ2v) is 7.63. The second kappa shape index (κ2) is 8.77. The van der Waals surface area contributed by atoms with E-state index in [1.807, 2.05) is 32.8 Å². The highest BCUT2D eigenvalue weighted by molar-refractivity contribution is 7.22. The number of likely N-dealkylation sites (N-methyl/N-ethyl adjacent to an activating group) is 1. The average molecular weight is 412 g/mol. The van der Waals surface area contributed by atoms with E-state index in [1.54, 1.807) is 27.9 Å². The normalized spacial score (nSPS) is 11.2.